The number of hydrogen-bond donors (Lipinski definition) is 2. The van der Waals surface area contributed by atoms with Crippen LogP contribution in [0.15, 0.2) is 12.1 Å². The second kappa shape index (κ2) is 7.66. The first-order valence-electron chi connectivity index (χ1n) is 9.73. The van der Waals surface area contributed by atoms with Gasteiger partial charge in [-0.25, -0.2) is 18.2 Å². The van der Waals surface area contributed by atoms with Gasteiger partial charge in [-0.15, -0.1) is 0 Å². The molecule has 1 unspecified atom stereocenters. The Hall–Kier alpha value is -3.04. The molecule has 2 N–H and O–H groups in total. The molecule has 0 radical (unpaired) electrons. The molecule has 2 aromatic rings. The molecule has 2 aliphatic rings. The third-order valence-electron chi connectivity index (χ3n) is 5.59. The van der Waals surface area contributed by atoms with Crippen LogP contribution in [-0.4, -0.2) is 41.1 Å². The van der Waals surface area contributed by atoms with Crippen LogP contribution in [0.5, 0.6) is 5.75 Å². The summed E-state index contributed by atoms with van der Waals surface area (Å²) in [7, 11) is 1.80. The van der Waals surface area contributed by atoms with Gasteiger partial charge in [-0.1, -0.05) is 0 Å². The van der Waals surface area contributed by atoms with Gasteiger partial charge in [-0.2, -0.15) is 4.98 Å². The minimum Gasteiger partial charge on any atom is -0.490 e. The average molecular weight is 421 g/mol. The number of benzene rings is 1. The van der Waals surface area contributed by atoms with E-state index >= 15 is 0 Å². The number of hydrogen-bond acceptors (Lipinski definition) is 6. The van der Waals surface area contributed by atoms with E-state index in [1.807, 2.05) is 0 Å². The molecule has 0 bridgehead atoms. The van der Waals surface area contributed by atoms with Gasteiger partial charge in [0.1, 0.15) is 23.6 Å². The highest BCUT2D eigenvalue weighted by molar-refractivity contribution is 6.03. The Morgan fingerprint density at radius 1 is 1.20 bits per heavy atom. The molecule has 1 amide bonds. The fourth-order valence-electron chi connectivity index (χ4n) is 3.76. The third kappa shape index (κ3) is 3.73. The van der Waals surface area contributed by atoms with E-state index in [-0.39, 0.29) is 29.8 Å². The summed E-state index contributed by atoms with van der Waals surface area (Å²) in [4.78, 5) is 22.8. The Labute approximate surface area is 171 Å². The number of nitrogens with zero attached hydrogens (tertiary/aromatic N) is 3. The molecule has 1 saturated carbocycles. The molecule has 2 heterocycles. The van der Waals surface area contributed by atoms with Crippen molar-refractivity contribution in [1.82, 2.24) is 9.97 Å². The molecule has 4 rings (SSSR count). The zero-order valence-corrected chi connectivity index (χ0v) is 16.8. The number of carbonyl (C=O) groups is 1. The number of likely N-dealkylation sites (N-methyl/N-ethyl adjacent to an activating group) is 1. The van der Waals surface area contributed by atoms with E-state index in [9.17, 15) is 18.0 Å². The number of rotatable bonds is 4. The number of aromatic nitrogens is 2. The molecule has 1 aromatic heterocycles. The van der Waals surface area contributed by atoms with Crippen molar-refractivity contribution in [3.05, 3.63) is 35.3 Å². The summed E-state index contributed by atoms with van der Waals surface area (Å²) in [6, 6.07) is 1.35. The van der Waals surface area contributed by atoms with Crippen LogP contribution in [-0.2, 0) is 4.79 Å². The molecule has 1 fully saturated rings. The van der Waals surface area contributed by atoms with Gasteiger partial charge in [-0.3, -0.25) is 4.79 Å². The molecule has 7 nitrogen and oxygen atoms in total. The molecule has 1 aliphatic heterocycles. The molecule has 0 spiro atoms. The van der Waals surface area contributed by atoms with Crippen molar-refractivity contribution in [3.8, 4) is 5.75 Å². The minimum absolute atomic E-state index is 0.00324. The van der Waals surface area contributed by atoms with Gasteiger partial charge in [0.05, 0.1) is 5.69 Å². The third-order valence-corrected chi connectivity index (χ3v) is 5.59. The lowest BCUT2D eigenvalue weighted by molar-refractivity contribution is -0.117. The molecule has 10 heteroatoms. The summed E-state index contributed by atoms with van der Waals surface area (Å²) in [5.41, 5.74) is 1.25. The number of anilines is 3. The van der Waals surface area contributed by atoms with E-state index in [2.05, 4.69) is 20.6 Å². The van der Waals surface area contributed by atoms with Gasteiger partial charge < -0.3 is 20.3 Å². The zero-order chi connectivity index (χ0) is 21.6. The lowest BCUT2D eigenvalue weighted by Crippen LogP contribution is -2.45. The number of fused-ring (bicyclic) bond motifs is 1. The molecular formula is C20H22F3N5O2. The van der Waals surface area contributed by atoms with Crippen molar-refractivity contribution >= 4 is 23.4 Å². The Balaban J connectivity index is 1.44. The largest absolute Gasteiger partial charge is 0.490 e. The summed E-state index contributed by atoms with van der Waals surface area (Å²) in [6.07, 6.45) is 1.71. The second-order valence-electron chi connectivity index (χ2n) is 7.70. The molecule has 30 heavy (non-hydrogen) atoms. The van der Waals surface area contributed by atoms with Gasteiger partial charge in [-0.05, 0) is 26.7 Å². The zero-order valence-electron chi connectivity index (χ0n) is 16.8. The number of nitrogens with one attached hydrogen (secondary N) is 2. The van der Waals surface area contributed by atoms with Gasteiger partial charge >= 0.3 is 0 Å². The van der Waals surface area contributed by atoms with Crippen LogP contribution < -0.4 is 20.3 Å². The first-order chi connectivity index (χ1) is 14.2. The van der Waals surface area contributed by atoms with E-state index < -0.39 is 17.5 Å². The fraction of sp³-hybridized carbons (Fsp3) is 0.450. The van der Waals surface area contributed by atoms with E-state index in [4.69, 9.17) is 4.74 Å². The SMILES string of the molecule is Cc1nc(N[C@H]2CC[C@H](Oc3cc(F)c(F)c(F)c3)C2)nc2c1NC(=O)C(C)N2C. The van der Waals surface area contributed by atoms with Gasteiger partial charge in [0, 0.05) is 31.6 Å². The Kier molecular flexibility index (Phi) is 5.17. The van der Waals surface area contributed by atoms with Crippen LogP contribution in [0.25, 0.3) is 0 Å². The van der Waals surface area contributed by atoms with Crippen LogP contribution in [0.1, 0.15) is 31.9 Å². The van der Waals surface area contributed by atoms with E-state index in [1.165, 1.54) is 0 Å². The summed E-state index contributed by atoms with van der Waals surface area (Å²) in [5.74, 6) is -3.14. The lowest BCUT2D eigenvalue weighted by Gasteiger charge is -2.32. The number of ether oxygens (including phenoxy) is 1. The maximum atomic E-state index is 13.4. The van der Waals surface area contributed by atoms with E-state index in [1.54, 1.807) is 25.8 Å². The topological polar surface area (TPSA) is 79.4 Å². The number of halogens is 3. The van der Waals surface area contributed by atoms with Crippen LogP contribution in [0, 0.1) is 24.4 Å². The highest BCUT2D eigenvalue weighted by Gasteiger charge is 2.32. The van der Waals surface area contributed by atoms with E-state index in [0.717, 1.165) is 18.6 Å². The number of carbonyl (C=O) groups excluding carboxylic acids is 1. The van der Waals surface area contributed by atoms with E-state index in [0.29, 0.717) is 36.0 Å². The van der Waals surface area contributed by atoms with Crippen LogP contribution in [0.3, 0.4) is 0 Å². The summed E-state index contributed by atoms with van der Waals surface area (Å²) >= 11 is 0. The van der Waals surface area contributed by atoms with Crippen LogP contribution in [0.4, 0.5) is 30.6 Å². The van der Waals surface area contributed by atoms with Gasteiger partial charge in [0.2, 0.25) is 11.9 Å². The molecule has 1 aromatic carbocycles. The standard InChI is InChI=1S/C20H22F3N5O2/c1-9-17-18(28(3)10(2)19(29)26-17)27-20(24-9)25-11-4-5-12(6-11)30-13-7-14(21)16(23)15(22)8-13/h7-8,10-12H,4-6H2,1-3H3,(H,26,29)(H,24,25,27)/t10?,11-,12-/m0/s1. The maximum absolute atomic E-state index is 13.4. The highest BCUT2D eigenvalue weighted by atomic mass is 19.2. The first kappa shape index (κ1) is 20.2. The van der Waals surface area contributed by atoms with Crippen LogP contribution >= 0.6 is 0 Å². The van der Waals surface area contributed by atoms with Gasteiger partial charge in [0.25, 0.3) is 0 Å². The molecule has 160 valence electrons. The quantitative estimate of drug-likeness (QED) is 0.737. The number of amides is 1. The predicted molar refractivity (Wildman–Crippen MR) is 105 cm³/mol. The number of aryl methyl sites for hydroxylation is 1. The summed E-state index contributed by atoms with van der Waals surface area (Å²) in [6.45, 7) is 3.59. The first-order valence-corrected chi connectivity index (χ1v) is 9.73. The highest BCUT2D eigenvalue weighted by Crippen LogP contribution is 2.33. The van der Waals surface area contributed by atoms with Crippen molar-refractivity contribution in [3.63, 3.8) is 0 Å². The Morgan fingerprint density at radius 2 is 1.90 bits per heavy atom. The average Bonchev–Trinajstić information content (AvgIpc) is 3.12. The normalized spacial score (nSPS) is 23.2. The molecule has 0 saturated heterocycles. The van der Waals surface area contributed by atoms with Crippen molar-refractivity contribution in [1.29, 1.82) is 0 Å². The summed E-state index contributed by atoms with van der Waals surface area (Å²) < 4.78 is 45.5. The maximum Gasteiger partial charge on any atom is 0.246 e. The monoisotopic (exact) mass is 421 g/mol. The minimum atomic E-state index is -1.51. The van der Waals surface area contributed by atoms with Crippen LogP contribution in [0.2, 0.25) is 0 Å². The molecule has 1 aliphatic carbocycles. The fourth-order valence-corrected chi connectivity index (χ4v) is 3.76. The van der Waals surface area contributed by atoms with Gasteiger partial charge in [0.15, 0.2) is 23.3 Å². The lowest BCUT2D eigenvalue weighted by atomic mass is 10.2. The smallest absolute Gasteiger partial charge is 0.246 e. The Morgan fingerprint density at radius 3 is 2.60 bits per heavy atom. The van der Waals surface area contributed by atoms with Crippen molar-refractivity contribution in [2.75, 3.05) is 22.6 Å². The summed E-state index contributed by atoms with van der Waals surface area (Å²) in [5, 5.41) is 6.11. The molecular weight excluding hydrogens is 399 g/mol. The Bertz CT molecular complexity index is 980. The van der Waals surface area contributed by atoms with Crippen molar-refractivity contribution in [2.45, 2.75) is 51.3 Å². The van der Waals surface area contributed by atoms with Crippen molar-refractivity contribution in [2.24, 2.45) is 0 Å². The van der Waals surface area contributed by atoms with Crippen molar-refractivity contribution < 1.29 is 22.7 Å². The molecule has 3 atom stereocenters. The predicted octanol–water partition coefficient (Wildman–Crippen LogP) is 3.39. The second-order valence-corrected chi connectivity index (χ2v) is 7.70.